The van der Waals surface area contributed by atoms with Gasteiger partial charge in [-0.3, -0.25) is 0 Å². The molecule has 0 N–H and O–H groups in total. The van der Waals surface area contributed by atoms with Crippen molar-refractivity contribution in [1.29, 1.82) is 0 Å². The Balaban J connectivity index is 1.52. The minimum Gasteiger partial charge on any atom is -0.407 e. The Morgan fingerprint density at radius 2 is 1.56 bits per heavy atom. The van der Waals surface area contributed by atoms with Crippen LogP contribution in [0.4, 0.5) is 0 Å². The van der Waals surface area contributed by atoms with Crippen LogP contribution in [-0.2, 0) is 28.2 Å². The predicted molar refractivity (Wildman–Crippen MR) is 165 cm³/mol. The molecule has 0 bridgehead atoms. The monoisotopic (exact) mass is 580 g/mol. The first kappa shape index (κ1) is 31.8. The van der Waals surface area contributed by atoms with Crippen LogP contribution in [0.1, 0.15) is 52.9 Å². The summed E-state index contributed by atoms with van der Waals surface area (Å²) in [5, 5.41) is 2.50. The molecule has 1 saturated carbocycles. The standard InChI is InChI=1S/C34H48O6Si/c1-33(2,3)41(30-14-8-6-9-15-30,31-16-10-7-11-17-31)40-20-12-13-28-18-19-29-21-27(23-38-25-36-4)22-32(39-26-37-5)34(28,29)24-35/h6-11,14-18,24,27,29,32H,12-13,19-23,25-26H2,1-5H3. The van der Waals surface area contributed by atoms with Gasteiger partial charge in [-0.25, -0.2) is 0 Å². The average Bonchev–Trinajstić information content (AvgIpc) is 3.35. The Morgan fingerprint density at radius 3 is 2.12 bits per heavy atom. The molecule has 4 rings (SSSR count). The zero-order valence-corrected chi connectivity index (χ0v) is 26.5. The third-order valence-electron chi connectivity index (χ3n) is 9.04. The molecular weight excluding hydrogens is 532 g/mol. The smallest absolute Gasteiger partial charge is 0.261 e. The maximum absolute atomic E-state index is 13.0. The fraction of sp³-hybridized carbons (Fsp3) is 0.559. The maximum atomic E-state index is 13.0. The van der Waals surface area contributed by atoms with Gasteiger partial charge in [-0.15, -0.1) is 0 Å². The first-order valence-corrected chi connectivity index (χ1v) is 16.8. The van der Waals surface area contributed by atoms with Gasteiger partial charge in [0.1, 0.15) is 19.9 Å². The highest BCUT2D eigenvalue weighted by Gasteiger charge is 2.55. The number of ether oxygens (including phenoxy) is 4. The van der Waals surface area contributed by atoms with Gasteiger partial charge < -0.3 is 28.2 Å². The van der Waals surface area contributed by atoms with Crippen LogP contribution >= 0.6 is 0 Å². The fourth-order valence-corrected chi connectivity index (χ4v) is 11.9. The molecule has 4 atom stereocenters. The topological polar surface area (TPSA) is 63.2 Å². The van der Waals surface area contributed by atoms with Crippen molar-refractivity contribution < 1.29 is 28.2 Å². The molecule has 224 valence electrons. The lowest BCUT2D eigenvalue weighted by Crippen LogP contribution is -2.66. The second-order valence-electron chi connectivity index (χ2n) is 12.5. The Hall–Kier alpha value is -2.13. The van der Waals surface area contributed by atoms with Crippen LogP contribution in [0.2, 0.25) is 5.04 Å². The van der Waals surface area contributed by atoms with Crippen molar-refractivity contribution >= 4 is 25.0 Å². The number of fused-ring (bicyclic) bond motifs is 1. The van der Waals surface area contributed by atoms with E-state index in [1.807, 2.05) is 0 Å². The zero-order valence-electron chi connectivity index (χ0n) is 25.5. The maximum Gasteiger partial charge on any atom is 0.261 e. The van der Waals surface area contributed by atoms with Crippen molar-refractivity contribution in [2.24, 2.45) is 17.3 Å². The van der Waals surface area contributed by atoms with Crippen molar-refractivity contribution in [3.8, 4) is 0 Å². The molecular formula is C34H48O6Si. The molecule has 1 fully saturated rings. The van der Waals surface area contributed by atoms with Gasteiger partial charge >= 0.3 is 0 Å². The summed E-state index contributed by atoms with van der Waals surface area (Å²) in [5.41, 5.74) is 0.578. The highest BCUT2D eigenvalue weighted by atomic mass is 28.4. The van der Waals surface area contributed by atoms with Crippen LogP contribution in [0.5, 0.6) is 0 Å². The largest absolute Gasteiger partial charge is 0.407 e. The summed E-state index contributed by atoms with van der Waals surface area (Å²) in [6, 6.07) is 21.5. The van der Waals surface area contributed by atoms with E-state index in [4.69, 9.17) is 23.4 Å². The number of benzene rings is 2. The van der Waals surface area contributed by atoms with Gasteiger partial charge in [0.05, 0.1) is 18.1 Å². The second kappa shape index (κ2) is 14.4. The number of hydrogen-bond donors (Lipinski definition) is 0. The van der Waals surface area contributed by atoms with Gasteiger partial charge in [-0.05, 0) is 59.4 Å². The highest BCUT2D eigenvalue weighted by molar-refractivity contribution is 6.99. The number of allylic oxidation sites excluding steroid dienone is 1. The van der Waals surface area contributed by atoms with Crippen LogP contribution in [-0.4, -0.2) is 61.7 Å². The van der Waals surface area contributed by atoms with E-state index in [1.165, 1.54) is 22.2 Å². The number of carbonyl (C=O) groups is 1. The summed E-state index contributed by atoms with van der Waals surface area (Å²) in [7, 11) is 0.660. The van der Waals surface area contributed by atoms with Crippen molar-refractivity contribution in [3.05, 3.63) is 72.3 Å². The van der Waals surface area contributed by atoms with Crippen LogP contribution in [0.15, 0.2) is 72.3 Å². The Bertz CT molecular complexity index is 1080. The van der Waals surface area contributed by atoms with Crippen molar-refractivity contribution in [1.82, 2.24) is 0 Å². The van der Waals surface area contributed by atoms with E-state index in [0.717, 1.165) is 32.1 Å². The molecule has 0 aliphatic heterocycles. The molecule has 2 aromatic rings. The molecule has 0 radical (unpaired) electrons. The SMILES string of the molecule is COCOCC1CC2CC=C(CCCO[Si](c3ccccc3)(c3ccccc3)C(C)(C)C)C2(C=O)C(OCOC)C1. The summed E-state index contributed by atoms with van der Waals surface area (Å²) in [6.45, 7) is 8.59. The van der Waals surface area contributed by atoms with Crippen LogP contribution < -0.4 is 10.4 Å². The molecule has 7 heteroatoms. The van der Waals surface area contributed by atoms with Gasteiger partial charge in [-0.1, -0.05) is 93.1 Å². The minimum absolute atomic E-state index is 0.0696. The Kier molecular flexibility index (Phi) is 11.1. The van der Waals surface area contributed by atoms with Gasteiger partial charge in [0.25, 0.3) is 8.32 Å². The van der Waals surface area contributed by atoms with Crippen LogP contribution in [0.3, 0.4) is 0 Å². The number of rotatable bonds is 15. The van der Waals surface area contributed by atoms with Crippen LogP contribution in [0.25, 0.3) is 0 Å². The lowest BCUT2D eigenvalue weighted by Gasteiger charge is -2.47. The van der Waals surface area contributed by atoms with E-state index in [1.54, 1.807) is 14.2 Å². The first-order chi connectivity index (χ1) is 19.8. The number of aldehydes is 1. The van der Waals surface area contributed by atoms with E-state index in [2.05, 4.69) is 87.5 Å². The number of methoxy groups -OCH3 is 2. The second-order valence-corrected chi connectivity index (χ2v) is 16.8. The van der Waals surface area contributed by atoms with Crippen molar-refractivity contribution in [3.63, 3.8) is 0 Å². The van der Waals surface area contributed by atoms with Crippen molar-refractivity contribution in [2.45, 2.75) is 64.0 Å². The normalized spacial score (nSPS) is 24.6. The highest BCUT2D eigenvalue weighted by Crippen LogP contribution is 2.55. The van der Waals surface area contributed by atoms with Gasteiger partial charge in [-0.2, -0.15) is 0 Å². The molecule has 0 saturated heterocycles. The number of hydrogen-bond acceptors (Lipinski definition) is 6. The van der Waals surface area contributed by atoms with E-state index < -0.39 is 13.7 Å². The summed E-state index contributed by atoms with van der Waals surface area (Å²) in [6.07, 6.45) is 7.47. The van der Waals surface area contributed by atoms with E-state index in [-0.39, 0.29) is 30.6 Å². The molecule has 0 spiro atoms. The van der Waals surface area contributed by atoms with E-state index in [9.17, 15) is 4.79 Å². The zero-order chi connectivity index (χ0) is 29.3. The summed E-state index contributed by atoms with van der Waals surface area (Å²) in [4.78, 5) is 13.0. The Labute approximate surface area is 247 Å². The van der Waals surface area contributed by atoms with E-state index in [0.29, 0.717) is 19.1 Å². The molecule has 0 aromatic heterocycles. The summed E-state index contributed by atoms with van der Waals surface area (Å²) in [5.74, 6) is 0.524. The Morgan fingerprint density at radius 1 is 0.927 bits per heavy atom. The van der Waals surface area contributed by atoms with Crippen molar-refractivity contribution in [2.75, 3.05) is 41.0 Å². The molecule has 2 aromatic carbocycles. The third-order valence-corrected chi connectivity index (χ3v) is 14.1. The molecule has 6 nitrogen and oxygen atoms in total. The molecule has 2 aliphatic rings. The van der Waals surface area contributed by atoms with E-state index >= 15 is 0 Å². The lowest BCUT2D eigenvalue weighted by molar-refractivity contribution is -0.160. The molecule has 0 heterocycles. The molecule has 41 heavy (non-hydrogen) atoms. The minimum atomic E-state index is -2.60. The average molecular weight is 581 g/mol. The van der Waals surface area contributed by atoms with Gasteiger partial charge in [0, 0.05) is 20.8 Å². The summed E-state index contributed by atoms with van der Waals surface area (Å²) >= 11 is 0. The first-order valence-electron chi connectivity index (χ1n) is 14.9. The fourth-order valence-electron chi connectivity index (χ4n) is 7.28. The third kappa shape index (κ3) is 6.61. The van der Waals surface area contributed by atoms with Gasteiger partial charge in [0.15, 0.2) is 0 Å². The molecule has 2 aliphatic carbocycles. The van der Waals surface area contributed by atoms with Crippen LogP contribution in [0, 0.1) is 17.3 Å². The van der Waals surface area contributed by atoms with Gasteiger partial charge in [0.2, 0.25) is 0 Å². The lowest BCUT2D eigenvalue weighted by atomic mass is 9.61. The predicted octanol–water partition coefficient (Wildman–Crippen LogP) is 5.49. The quantitative estimate of drug-likeness (QED) is 0.0912. The molecule has 4 unspecified atom stereocenters. The molecule has 0 amide bonds. The summed E-state index contributed by atoms with van der Waals surface area (Å²) < 4.78 is 29.4. The number of carbonyl (C=O) groups excluding carboxylic acids is 1.